The molecule has 126 valence electrons. The van der Waals surface area contributed by atoms with E-state index < -0.39 is 0 Å². The molecule has 0 saturated carbocycles. The van der Waals surface area contributed by atoms with Crippen LogP contribution in [0.2, 0.25) is 0 Å². The van der Waals surface area contributed by atoms with E-state index in [1.54, 1.807) is 17.9 Å². The van der Waals surface area contributed by atoms with Gasteiger partial charge >= 0.3 is 0 Å². The van der Waals surface area contributed by atoms with Gasteiger partial charge in [-0.1, -0.05) is 25.1 Å². The van der Waals surface area contributed by atoms with E-state index in [4.69, 9.17) is 4.74 Å². The lowest BCUT2D eigenvalue weighted by atomic mass is 10.1. The SMILES string of the molecule is CCc1ccccc1Nc1cc(C(=O)N2CCOCC2)nc(C)n1. The molecule has 1 aromatic carbocycles. The first kappa shape index (κ1) is 16.4. The number of morpholine rings is 1. The van der Waals surface area contributed by atoms with Gasteiger partial charge in [-0.3, -0.25) is 4.79 Å². The van der Waals surface area contributed by atoms with Crippen LogP contribution < -0.4 is 5.32 Å². The van der Waals surface area contributed by atoms with Crippen molar-refractivity contribution in [3.05, 3.63) is 47.4 Å². The molecule has 0 unspecified atom stereocenters. The maximum absolute atomic E-state index is 12.6. The van der Waals surface area contributed by atoms with Crippen molar-refractivity contribution in [2.24, 2.45) is 0 Å². The first-order valence-electron chi connectivity index (χ1n) is 8.25. The Morgan fingerprint density at radius 2 is 2.00 bits per heavy atom. The summed E-state index contributed by atoms with van der Waals surface area (Å²) in [6.45, 7) is 6.26. The molecule has 1 aromatic heterocycles. The number of amides is 1. The Morgan fingerprint density at radius 3 is 2.75 bits per heavy atom. The summed E-state index contributed by atoms with van der Waals surface area (Å²) < 4.78 is 5.30. The summed E-state index contributed by atoms with van der Waals surface area (Å²) in [4.78, 5) is 23.1. The van der Waals surface area contributed by atoms with E-state index in [0.29, 0.717) is 43.6 Å². The van der Waals surface area contributed by atoms with E-state index in [0.717, 1.165) is 12.1 Å². The van der Waals surface area contributed by atoms with Crippen LogP contribution in [-0.2, 0) is 11.2 Å². The molecule has 6 heteroatoms. The number of nitrogens with one attached hydrogen (secondary N) is 1. The van der Waals surface area contributed by atoms with Crippen LogP contribution in [-0.4, -0.2) is 47.1 Å². The third-order valence-corrected chi connectivity index (χ3v) is 4.02. The quantitative estimate of drug-likeness (QED) is 0.935. The molecule has 1 aliphatic rings. The standard InChI is InChI=1S/C18H22N4O2/c1-3-14-6-4-5-7-15(14)21-17-12-16(19-13(2)20-17)18(23)22-8-10-24-11-9-22/h4-7,12H,3,8-11H2,1-2H3,(H,19,20,21). The second kappa shape index (κ2) is 7.40. The summed E-state index contributed by atoms with van der Waals surface area (Å²) in [5.41, 5.74) is 2.62. The molecule has 1 N–H and O–H groups in total. The topological polar surface area (TPSA) is 67.4 Å². The highest BCUT2D eigenvalue weighted by atomic mass is 16.5. The molecule has 0 radical (unpaired) electrons. The molecule has 2 aromatic rings. The van der Waals surface area contributed by atoms with Crippen molar-refractivity contribution in [1.82, 2.24) is 14.9 Å². The van der Waals surface area contributed by atoms with Crippen molar-refractivity contribution in [2.45, 2.75) is 20.3 Å². The first-order valence-corrected chi connectivity index (χ1v) is 8.25. The van der Waals surface area contributed by atoms with Crippen molar-refractivity contribution in [3.8, 4) is 0 Å². The minimum atomic E-state index is -0.0735. The van der Waals surface area contributed by atoms with Crippen molar-refractivity contribution in [2.75, 3.05) is 31.6 Å². The molecule has 1 fully saturated rings. The molecule has 24 heavy (non-hydrogen) atoms. The predicted octanol–water partition coefficient (Wildman–Crippen LogP) is 2.56. The Labute approximate surface area is 141 Å². The maximum atomic E-state index is 12.6. The second-order valence-corrected chi connectivity index (χ2v) is 5.73. The summed E-state index contributed by atoms with van der Waals surface area (Å²) >= 11 is 0. The first-order chi connectivity index (χ1) is 11.7. The van der Waals surface area contributed by atoms with Gasteiger partial charge in [-0.25, -0.2) is 9.97 Å². The number of rotatable bonds is 4. The monoisotopic (exact) mass is 326 g/mol. The Hall–Kier alpha value is -2.47. The van der Waals surface area contributed by atoms with Gasteiger partial charge in [0.05, 0.1) is 13.2 Å². The van der Waals surface area contributed by atoms with Gasteiger partial charge in [0.25, 0.3) is 5.91 Å². The number of carbonyl (C=O) groups is 1. The van der Waals surface area contributed by atoms with Crippen LogP contribution in [0.4, 0.5) is 11.5 Å². The van der Waals surface area contributed by atoms with Crippen LogP contribution in [0.3, 0.4) is 0 Å². The number of aryl methyl sites for hydroxylation is 2. The van der Waals surface area contributed by atoms with Crippen LogP contribution in [0.15, 0.2) is 30.3 Å². The summed E-state index contributed by atoms with van der Waals surface area (Å²) in [6.07, 6.45) is 0.923. The van der Waals surface area contributed by atoms with Crippen molar-refractivity contribution >= 4 is 17.4 Å². The lowest BCUT2D eigenvalue weighted by molar-refractivity contribution is 0.0299. The van der Waals surface area contributed by atoms with Gasteiger partial charge in [0.1, 0.15) is 17.3 Å². The maximum Gasteiger partial charge on any atom is 0.272 e. The van der Waals surface area contributed by atoms with Gasteiger partial charge in [-0.15, -0.1) is 0 Å². The van der Waals surface area contributed by atoms with Crippen LogP contribution in [0, 0.1) is 6.92 Å². The Morgan fingerprint density at radius 1 is 1.25 bits per heavy atom. The zero-order chi connectivity index (χ0) is 16.9. The third-order valence-electron chi connectivity index (χ3n) is 4.02. The number of para-hydroxylation sites is 1. The van der Waals surface area contributed by atoms with Crippen molar-refractivity contribution < 1.29 is 9.53 Å². The van der Waals surface area contributed by atoms with Crippen LogP contribution >= 0.6 is 0 Å². The van der Waals surface area contributed by atoms with Crippen LogP contribution in [0.5, 0.6) is 0 Å². The minimum Gasteiger partial charge on any atom is -0.378 e. The van der Waals surface area contributed by atoms with E-state index in [2.05, 4.69) is 28.3 Å². The zero-order valence-corrected chi connectivity index (χ0v) is 14.1. The molecule has 3 rings (SSSR count). The number of benzene rings is 1. The summed E-state index contributed by atoms with van der Waals surface area (Å²) in [7, 11) is 0. The largest absolute Gasteiger partial charge is 0.378 e. The van der Waals surface area contributed by atoms with E-state index in [1.165, 1.54) is 5.56 Å². The van der Waals surface area contributed by atoms with Crippen molar-refractivity contribution in [1.29, 1.82) is 0 Å². The number of ether oxygens (including phenoxy) is 1. The number of aromatic nitrogens is 2. The molecule has 6 nitrogen and oxygen atoms in total. The van der Waals surface area contributed by atoms with Gasteiger partial charge in [0.15, 0.2) is 0 Å². The number of nitrogens with zero attached hydrogens (tertiary/aromatic N) is 3. The fraction of sp³-hybridized carbons (Fsp3) is 0.389. The lowest BCUT2D eigenvalue weighted by Gasteiger charge is -2.26. The molecular formula is C18H22N4O2. The molecular weight excluding hydrogens is 304 g/mol. The predicted molar refractivity (Wildman–Crippen MR) is 92.6 cm³/mol. The average Bonchev–Trinajstić information content (AvgIpc) is 2.62. The highest BCUT2D eigenvalue weighted by molar-refractivity contribution is 5.93. The Bertz CT molecular complexity index is 727. The Balaban J connectivity index is 1.84. The number of anilines is 2. The highest BCUT2D eigenvalue weighted by Crippen LogP contribution is 2.21. The van der Waals surface area contributed by atoms with Gasteiger partial charge in [-0.05, 0) is 25.0 Å². The van der Waals surface area contributed by atoms with E-state index in [1.807, 2.05) is 18.2 Å². The molecule has 2 heterocycles. The normalized spacial score (nSPS) is 14.5. The van der Waals surface area contributed by atoms with E-state index in [9.17, 15) is 4.79 Å². The fourth-order valence-corrected chi connectivity index (χ4v) is 2.76. The molecule has 0 aliphatic carbocycles. The van der Waals surface area contributed by atoms with Crippen LogP contribution in [0.25, 0.3) is 0 Å². The van der Waals surface area contributed by atoms with E-state index in [-0.39, 0.29) is 5.91 Å². The number of hydrogen-bond acceptors (Lipinski definition) is 5. The molecule has 1 saturated heterocycles. The number of carbonyl (C=O) groups excluding carboxylic acids is 1. The number of hydrogen-bond donors (Lipinski definition) is 1. The fourth-order valence-electron chi connectivity index (χ4n) is 2.76. The molecule has 0 bridgehead atoms. The van der Waals surface area contributed by atoms with Crippen molar-refractivity contribution in [3.63, 3.8) is 0 Å². The Kier molecular flexibility index (Phi) is 5.05. The lowest BCUT2D eigenvalue weighted by Crippen LogP contribution is -2.41. The summed E-state index contributed by atoms with van der Waals surface area (Å²) in [6, 6.07) is 9.81. The van der Waals surface area contributed by atoms with Gasteiger partial charge in [0.2, 0.25) is 0 Å². The average molecular weight is 326 g/mol. The zero-order valence-electron chi connectivity index (χ0n) is 14.1. The van der Waals surface area contributed by atoms with Crippen LogP contribution in [0.1, 0.15) is 28.8 Å². The van der Waals surface area contributed by atoms with Gasteiger partial charge in [-0.2, -0.15) is 0 Å². The molecule has 1 amide bonds. The molecule has 1 aliphatic heterocycles. The minimum absolute atomic E-state index is 0.0735. The van der Waals surface area contributed by atoms with Gasteiger partial charge in [0, 0.05) is 24.8 Å². The van der Waals surface area contributed by atoms with E-state index >= 15 is 0 Å². The molecule has 0 atom stereocenters. The highest BCUT2D eigenvalue weighted by Gasteiger charge is 2.20. The van der Waals surface area contributed by atoms with Gasteiger partial charge < -0.3 is 15.0 Å². The second-order valence-electron chi connectivity index (χ2n) is 5.73. The summed E-state index contributed by atoms with van der Waals surface area (Å²) in [5.74, 6) is 1.14. The molecule has 0 spiro atoms. The summed E-state index contributed by atoms with van der Waals surface area (Å²) in [5, 5.41) is 3.32. The third kappa shape index (κ3) is 3.71. The smallest absolute Gasteiger partial charge is 0.272 e.